The molecule has 0 spiro atoms. The standard InChI is InChI=1S/C12H14ClN5OS/c1-7-9(13)4-3-5-10(7)15-11(19)6-20-12-17-16-8(2)18(12)14/h3-5H,6,14H2,1-2H3,(H,15,19). The minimum atomic E-state index is -0.152. The number of rotatable bonds is 4. The lowest BCUT2D eigenvalue weighted by molar-refractivity contribution is -0.113. The Hall–Kier alpha value is -1.73. The highest BCUT2D eigenvalue weighted by Gasteiger charge is 2.11. The number of carbonyl (C=O) groups is 1. The van der Waals surface area contributed by atoms with Crippen molar-refractivity contribution in [2.45, 2.75) is 19.0 Å². The normalized spacial score (nSPS) is 10.6. The molecule has 0 unspecified atom stereocenters. The van der Waals surface area contributed by atoms with Crippen molar-refractivity contribution < 1.29 is 4.79 Å². The van der Waals surface area contributed by atoms with Gasteiger partial charge in [0.15, 0.2) is 0 Å². The van der Waals surface area contributed by atoms with Crippen LogP contribution in [0.5, 0.6) is 0 Å². The highest BCUT2D eigenvalue weighted by Crippen LogP contribution is 2.23. The van der Waals surface area contributed by atoms with E-state index in [-0.39, 0.29) is 11.7 Å². The Morgan fingerprint density at radius 3 is 2.85 bits per heavy atom. The van der Waals surface area contributed by atoms with Crippen molar-refractivity contribution in [3.8, 4) is 0 Å². The number of aromatic nitrogens is 3. The number of thioether (sulfide) groups is 1. The molecular weight excluding hydrogens is 298 g/mol. The Balaban J connectivity index is 1.96. The minimum Gasteiger partial charge on any atom is -0.336 e. The van der Waals surface area contributed by atoms with Gasteiger partial charge in [-0.2, -0.15) is 0 Å². The molecule has 0 aliphatic carbocycles. The molecule has 0 aliphatic heterocycles. The number of benzene rings is 1. The molecule has 3 N–H and O–H groups in total. The Morgan fingerprint density at radius 2 is 2.20 bits per heavy atom. The number of carbonyl (C=O) groups excluding carboxylic acids is 1. The third kappa shape index (κ3) is 3.23. The topological polar surface area (TPSA) is 85.8 Å². The van der Waals surface area contributed by atoms with Gasteiger partial charge in [0, 0.05) is 10.7 Å². The third-order valence-corrected chi connectivity index (χ3v) is 4.06. The molecule has 1 amide bonds. The first-order valence-corrected chi connectivity index (χ1v) is 7.20. The number of hydrogen-bond donors (Lipinski definition) is 2. The van der Waals surface area contributed by atoms with E-state index in [1.807, 2.05) is 6.92 Å². The van der Waals surface area contributed by atoms with Crippen LogP contribution in [0.1, 0.15) is 11.4 Å². The number of nitrogen functional groups attached to an aromatic ring is 1. The Labute approximate surface area is 125 Å². The summed E-state index contributed by atoms with van der Waals surface area (Å²) in [6, 6.07) is 5.37. The first kappa shape index (κ1) is 14.7. The van der Waals surface area contributed by atoms with Crippen LogP contribution in [0.25, 0.3) is 0 Å². The maximum absolute atomic E-state index is 11.9. The molecule has 2 aromatic rings. The quantitative estimate of drug-likeness (QED) is 0.666. The van der Waals surface area contributed by atoms with Gasteiger partial charge in [0.2, 0.25) is 11.1 Å². The average Bonchev–Trinajstić information content (AvgIpc) is 2.73. The van der Waals surface area contributed by atoms with E-state index in [1.54, 1.807) is 25.1 Å². The smallest absolute Gasteiger partial charge is 0.234 e. The monoisotopic (exact) mass is 311 g/mol. The molecule has 0 atom stereocenters. The maximum atomic E-state index is 11.9. The second kappa shape index (κ2) is 6.15. The van der Waals surface area contributed by atoms with Crippen LogP contribution in [0.2, 0.25) is 5.02 Å². The Bertz CT molecular complexity index is 643. The highest BCUT2D eigenvalue weighted by atomic mass is 35.5. The first-order chi connectivity index (χ1) is 9.49. The van der Waals surface area contributed by atoms with Crippen molar-refractivity contribution in [3.05, 3.63) is 34.6 Å². The number of nitrogens with two attached hydrogens (primary N) is 1. The molecule has 106 valence electrons. The summed E-state index contributed by atoms with van der Waals surface area (Å²) in [5.41, 5.74) is 1.54. The number of amides is 1. The van der Waals surface area contributed by atoms with Crippen molar-refractivity contribution >= 4 is 35.0 Å². The third-order valence-electron chi connectivity index (χ3n) is 2.71. The van der Waals surface area contributed by atoms with Crippen LogP contribution in [0.3, 0.4) is 0 Å². The summed E-state index contributed by atoms with van der Waals surface area (Å²) in [4.78, 5) is 11.9. The van der Waals surface area contributed by atoms with Crippen LogP contribution in [0.15, 0.2) is 23.4 Å². The second-order valence-corrected chi connectivity index (χ2v) is 5.50. The number of anilines is 1. The van der Waals surface area contributed by atoms with Crippen LogP contribution in [-0.2, 0) is 4.79 Å². The van der Waals surface area contributed by atoms with Crippen LogP contribution in [0.4, 0.5) is 5.69 Å². The van der Waals surface area contributed by atoms with E-state index in [2.05, 4.69) is 15.5 Å². The lowest BCUT2D eigenvalue weighted by atomic mass is 10.2. The average molecular weight is 312 g/mol. The van der Waals surface area contributed by atoms with Gasteiger partial charge in [-0.05, 0) is 31.5 Å². The number of nitrogens with zero attached hydrogens (tertiary/aromatic N) is 3. The van der Waals surface area contributed by atoms with E-state index in [0.717, 1.165) is 5.56 Å². The molecule has 0 bridgehead atoms. The molecule has 1 heterocycles. The van der Waals surface area contributed by atoms with Crippen molar-refractivity contribution in [2.75, 3.05) is 16.9 Å². The molecule has 6 nitrogen and oxygen atoms in total. The number of nitrogens with one attached hydrogen (secondary N) is 1. The number of hydrogen-bond acceptors (Lipinski definition) is 5. The van der Waals surface area contributed by atoms with Gasteiger partial charge in [0.1, 0.15) is 5.82 Å². The molecular formula is C12H14ClN5OS. The molecule has 0 fully saturated rings. The molecule has 0 aliphatic rings. The van der Waals surface area contributed by atoms with E-state index in [9.17, 15) is 4.79 Å². The predicted molar refractivity (Wildman–Crippen MR) is 80.5 cm³/mol. The molecule has 0 saturated carbocycles. The highest BCUT2D eigenvalue weighted by molar-refractivity contribution is 7.99. The van der Waals surface area contributed by atoms with Crippen LogP contribution in [-0.4, -0.2) is 26.5 Å². The van der Waals surface area contributed by atoms with Crippen molar-refractivity contribution in [1.29, 1.82) is 0 Å². The van der Waals surface area contributed by atoms with E-state index >= 15 is 0 Å². The summed E-state index contributed by atoms with van der Waals surface area (Å²) in [5.74, 6) is 6.35. The molecule has 0 saturated heterocycles. The van der Waals surface area contributed by atoms with Crippen molar-refractivity contribution in [2.24, 2.45) is 0 Å². The van der Waals surface area contributed by atoms with Gasteiger partial charge >= 0.3 is 0 Å². The zero-order valence-corrected chi connectivity index (χ0v) is 12.6. The Morgan fingerprint density at radius 1 is 1.45 bits per heavy atom. The minimum absolute atomic E-state index is 0.152. The zero-order valence-electron chi connectivity index (χ0n) is 11.1. The maximum Gasteiger partial charge on any atom is 0.234 e. The van der Waals surface area contributed by atoms with E-state index in [1.165, 1.54) is 16.4 Å². The predicted octanol–water partition coefficient (Wildman–Crippen LogP) is 1.99. The fraction of sp³-hybridized carbons (Fsp3) is 0.250. The molecule has 0 radical (unpaired) electrons. The molecule has 20 heavy (non-hydrogen) atoms. The number of halogens is 1. The molecule has 1 aromatic carbocycles. The van der Waals surface area contributed by atoms with Crippen LogP contribution in [0, 0.1) is 13.8 Å². The number of aryl methyl sites for hydroxylation is 1. The van der Waals surface area contributed by atoms with Crippen LogP contribution >= 0.6 is 23.4 Å². The van der Waals surface area contributed by atoms with Crippen LogP contribution < -0.4 is 11.2 Å². The lowest BCUT2D eigenvalue weighted by Crippen LogP contribution is -2.17. The fourth-order valence-electron chi connectivity index (χ4n) is 1.51. The first-order valence-electron chi connectivity index (χ1n) is 5.84. The summed E-state index contributed by atoms with van der Waals surface area (Å²) in [5, 5.41) is 11.6. The molecule has 2 rings (SSSR count). The summed E-state index contributed by atoms with van der Waals surface area (Å²) in [7, 11) is 0. The zero-order chi connectivity index (χ0) is 14.7. The second-order valence-electron chi connectivity index (χ2n) is 4.15. The van der Waals surface area contributed by atoms with Gasteiger partial charge in [0.25, 0.3) is 0 Å². The molecule has 1 aromatic heterocycles. The largest absolute Gasteiger partial charge is 0.336 e. The van der Waals surface area contributed by atoms with Gasteiger partial charge in [-0.15, -0.1) is 10.2 Å². The summed E-state index contributed by atoms with van der Waals surface area (Å²) in [6.07, 6.45) is 0. The Kier molecular flexibility index (Phi) is 4.51. The van der Waals surface area contributed by atoms with Gasteiger partial charge < -0.3 is 11.2 Å². The van der Waals surface area contributed by atoms with Gasteiger partial charge in [0.05, 0.1) is 5.75 Å². The van der Waals surface area contributed by atoms with Crippen molar-refractivity contribution in [1.82, 2.24) is 14.9 Å². The van der Waals surface area contributed by atoms with Crippen molar-refractivity contribution in [3.63, 3.8) is 0 Å². The summed E-state index contributed by atoms with van der Waals surface area (Å²) >= 11 is 7.22. The lowest BCUT2D eigenvalue weighted by Gasteiger charge is -2.09. The van der Waals surface area contributed by atoms with Gasteiger partial charge in [-0.25, -0.2) is 4.68 Å². The fourth-order valence-corrected chi connectivity index (χ4v) is 2.38. The molecule has 8 heteroatoms. The van der Waals surface area contributed by atoms with E-state index < -0.39 is 0 Å². The van der Waals surface area contributed by atoms with Gasteiger partial charge in [-0.1, -0.05) is 29.4 Å². The van der Waals surface area contributed by atoms with E-state index in [0.29, 0.717) is 21.7 Å². The SMILES string of the molecule is Cc1c(Cl)cccc1NC(=O)CSc1nnc(C)n1N. The summed E-state index contributed by atoms with van der Waals surface area (Å²) in [6.45, 7) is 3.59. The summed E-state index contributed by atoms with van der Waals surface area (Å²) < 4.78 is 1.35. The van der Waals surface area contributed by atoms with E-state index in [4.69, 9.17) is 17.4 Å². The van der Waals surface area contributed by atoms with Gasteiger partial charge in [-0.3, -0.25) is 4.79 Å².